The van der Waals surface area contributed by atoms with Crippen molar-refractivity contribution in [3.8, 4) is 11.5 Å². The zero-order valence-electron chi connectivity index (χ0n) is 23.5. The number of aliphatic carboxylic acids is 2. The molecule has 0 atom stereocenters. The molecule has 0 heterocycles. The molecule has 0 aliphatic heterocycles. The first-order chi connectivity index (χ1) is 17.8. The van der Waals surface area contributed by atoms with Crippen molar-refractivity contribution in [1.82, 2.24) is 0 Å². The molecule has 2 N–H and O–H groups in total. The molecule has 1 aliphatic carbocycles. The molecule has 3 rings (SSSR count). The van der Waals surface area contributed by atoms with Crippen molar-refractivity contribution in [2.24, 2.45) is 9.98 Å². The Morgan fingerprint density at radius 1 is 0.744 bits per heavy atom. The van der Waals surface area contributed by atoms with Crippen LogP contribution in [0.2, 0.25) is 0 Å². The SMILES string of the molecule is CC(=O)[O-].CC(=O)[O-].CC(C)c1ccc(O)c(C=NC2CCC(N=Cc3cc(C(C)C)ccc3O)CC2)c1.[Co+2]. The Morgan fingerprint density at radius 3 is 1.28 bits per heavy atom. The van der Waals surface area contributed by atoms with Crippen LogP contribution < -0.4 is 10.2 Å². The van der Waals surface area contributed by atoms with E-state index >= 15 is 0 Å². The summed E-state index contributed by atoms with van der Waals surface area (Å²) in [6.07, 6.45) is 7.60. The van der Waals surface area contributed by atoms with E-state index in [0.717, 1.165) is 50.7 Å². The topological polar surface area (TPSA) is 145 Å². The first kappa shape index (κ1) is 35.8. The summed E-state index contributed by atoms with van der Waals surface area (Å²) in [7, 11) is 0. The Labute approximate surface area is 242 Å². The number of phenols is 2. The second-order valence-corrected chi connectivity index (χ2v) is 9.95. The zero-order valence-corrected chi connectivity index (χ0v) is 24.6. The van der Waals surface area contributed by atoms with Crippen LogP contribution >= 0.6 is 0 Å². The van der Waals surface area contributed by atoms with E-state index in [4.69, 9.17) is 29.8 Å². The average Bonchev–Trinajstić information content (AvgIpc) is 2.82. The molecule has 0 bridgehead atoms. The standard InChI is InChI=1S/C26H34N2O2.2C2H4O2.Co/c1-17(2)19-5-11-25(29)21(13-19)15-27-23-7-9-24(10-8-23)28-16-22-14-20(18(3)4)6-12-26(22)30;2*1-2(3)4;/h5-6,11-18,23-24,29-30H,7-10H2,1-4H3;2*1H3,(H,3,4);/q;;;+2/p-2. The maximum absolute atomic E-state index is 10.1. The molecule has 2 aromatic carbocycles. The zero-order chi connectivity index (χ0) is 28.8. The van der Waals surface area contributed by atoms with Crippen LogP contribution in [0.25, 0.3) is 0 Å². The van der Waals surface area contributed by atoms with Gasteiger partial charge in [-0.25, -0.2) is 0 Å². The Bertz CT molecular complexity index is 1010. The fraction of sp³-hybridized carbons (Fsp3) is 0.467. The van der Waals surface area contributed by atoms with Gasteiger partial charge in [0.25, 0.3) is 0 Å². The van der Waals surface area contributed by atoms with Gasteiger partial charge in [-0.15, -0.1) is 0 Å². The summed E-state index contributed by atoms with van der Waals surface area (Å²) in [5, 5.41) is 38.0. The average molecular weight is 584 g/mol. The first-order valence-corrected chi connectivity index (χ1v) is 12.9. The van der Waals surface area contributed by atoms with E-state index < -0.39 is 11.9 Å². The Balaban J connectivity index is 0.00000142. The van der Waals surface area contributed by atoms with Crippen LogP contribution in [-0.4, -0.2) is 46.7 Å². The molecule has 1 saturated carbocycles. The third kappa shape index (κ3) is 14.5. The molecule has 0 unspecified atom stereocenters. The van der Waals surface area contributed by atoms with Gasteiger partial charge in [0.2, 0.25) is 0 Å². The van der Waals surface area contributed by atoms with Gasteiger partial charge in [-0.3, -0.25) is 9.98 Å². The van der Waals surface area contributed by atoms with Crippen LogP contribution in [0.4, 0.5) is 0 Å². The largest absolute Gasteiger partial charge is 2.00 e. The van der Waals surface area contributed by atoms with E-state index in [1.54, 1.807) is 12.1 Å². The van der Waals surface area contributed by atoms with Gasteiger partial charge in [-0.1, -0.05) is 39.8 Å². The van der Waals surface area contributed by atoms with Crippen LogP contribution in [0, 0.1) is 0 Å². The predicted molar refractivity (Wildman–Crippen MR) is 147 cm³/mol. The van der Waals surface area contributed by atoms with E-state index in [-0.39, 0.29) is 40.4 Å². The number of hydrogen-bond donors (Lipinski definition) is 2. The summed E-state index contributed by atoms with van der Waals surface area (Å²) in [5.74, 6) is -0.756. The third-order valence-corrected chi connectivity index (χ3v) is 5.95. The van der Waals surface area contributed by atoms with Gasteiger partial charge in [0, 0.05) is 35.5 Å². The fourth-order valence-electron chi connectivity index (χ4n) is 3.80. The molecular weight excluding hydrogens is 543 g/mol. The van der Waals surface area contributed by atoms with Crippen molar-refractivity contribution in [3.63, 3.8) is 0 Å². The number of carboxylic acids is 2. The number of phenolic OH excluding ortho intramolecular Hbond substituents is 2. The Morgan fingerprint density at radius 2 is 1.03 bits per heavy atom. The molecule has 1 fully saturated rings. The smallest absolute Gasteiger partial charge is 0.550 e. The first-order valence-electron chi connectivity index (χ1n) is 12.9. The van der Waals surface area contributed by atoms with Crippen LogP contribution in [0.5, 0.6) is 11.5 Å². The number of hydrogen-bond acceptors (Lipinski definition) is 8. The van der Waals surface area contributed by atoms with Gasteiger partial charge in [-0.2, -0.15) is 0 Å². The molecular formula is C30H40CoN2O6. The van der Waals surface area contributed by atoms with Gasteiger partial charge < -0.3 is 30.0 Å². The summed E-state index contributed by atoms with van der Waals surface area (Å²) >= 11 is 0. The van der Waals surface area contributed by atoms with Crippen molar-refractivity contribution in [2.75, 3.05) is 0 Å². The number of aliphatic imine (C=N–C) groups is 2. The van der Waals surface area contributed by atoms with Crippen molar-refractivity contribution >= 4 is 24.4 Å². The van der Waals surface area contributed by atoms with Crippen molar-refractivity contribution < 1.29 is 46.8 Å². The number of nitrogens with zero attached hydrogens (tertiary/aromatic N) is 2. The monoisotopic (exact) mass is 583 g/mol. The van der Waals surface area contributed by atoms with E-state index in [2.05, 4.69) is 27.7 Å². The summed E-state index contributed by atoms with van der Waals surface area (Å²) in [6, 6.07) is 12.0. The van der Waals surface area contributed by atoms with Gasteiger partial charge in [-0.05, 0) is 86.8 Å². The van der Waals surface area contributed by atoms with Crippen molar-refractivity contribution in [3.05, 3.63) is 58.7 Å². The molecule has 0 spiro atoms. The molecule has 39 heavy (non-hydrogen) atoms. The maximum Gasteiger partial charge on any atom is 2.00 e. The Hall–Kier alpha value is -3.17. The minimum atomic E-state index is -1.08. The maximum atomic E-state index is 10.1. The third-order valence-electron chi connectivity index (χ3n) is 5.95. The molecule has 215 valence electrons. The second-order valence-electron chi connectivity index (χ2n) is 9.95. The fourth-order valence-corrected chi connectivity index (χ4v) is 3.80. The quantitative estimate of drug-likeness (QED) is 0.496. The van der Waals surface area contributed by atoms with E-state index in [0.29, 0.717) is 11.8 Å². The normalized spacial score (nSPS) is 16.7. The van der Waals surface area contributed by atoms with Crippen molar-refractivity contribution in [1.29, 1.82) is 0 Å². The van der Waals surface area contributed by atoms with Crippen LogP contribution in [0.15, 0.2) is 46.4 Å². The molecule has 2 aromatic rings. The van der Waals surface area contributed by atoms with Gasteiger partial charge in [0.05, 0.1) is 12.1 Å². The molecule has 8 nitrogen and oxygen atoms in total. The van der Waals surface area contributed by atoms with Gasteiger partial charge in [0.15, 0.2) is 0 Å². The van der Waals surface area contributed by atoms with Crippen LogP contribution in [0.1, 0.15) is 101 Å². The van der Waals surface area contributed by atoms with Crippen LogP contribution in [0.3, 0.4) is 0 Å². The minimum Gasteiger partial charge on any atom is -0.550 e. The van der Waals surface area contributed by atoms with E-state index in [9.17, 15) is 10.2 Å². The molecule has 0 aromatic heterocycles. The van der Waals surface area contributed by atoms with Gasteiger partial charge in [0.1, 0.15) is 11.5 Å². The Kier molecular flexibility index (Phi) is 16.7. The van der Waals surface area contributed by atoms with Crippen LogP contribution in [-0.2, 0) is 26.4 Å². The van der Waals surface area contributed by atoms with Crippen molar-refractivity contribution in [2.45, 2.75) is 91.1 Å². The number of carbonyl (C=O) groups is 2. The summed E-state index contributed by atoms with van der Waals surface area (Å²) in [4.78, 5) is 27.2. The number of aromatic hydroxyl groups is 2. The minimum absolute atomic E-state index is 0. The summed E-state index contributed by atoms with van der Waals surface area (Å²) in [5.41, 5.74) is 4.00. The van der Waals surface area contributed by atoms with E-state index in [1.807, 2.05) is 36.7 Å². The molecule has 0 saturated heterocycles. The molecule has 9 heteroatoms. The van der Waals surface area contributed by atoms with Gasteiger partial charge >= 0.3 is 16.8 Å². The molecule has 0 amide bonds. The molecule has 1 aliphatic rings. The number of benzene rings is 2. The number of carboxylic acid groups (broad SMARTS) is 2. The summed E-state index contributed by atoms with van der Waals surface area (Å²) in [6.45, 7) is 10.5. The molecule has 1 radical (unpaired) electrons. The second kappa shape index (κ2) is 18.2. The summed E-state index contributed by atoms with van der Waals surface area (Å²) < 4.78 is 0. The number of carbonyl (C=O) groups excluding carboxylic acids is 2. The number of rotatable bonds is 6. The predicted octanol–water partition coefficient (Wildman–Crippen LogP) is 3.70. The van der Waals surface area contributed by atoms with E-state index in [1.165, 1.54) is 11.1 Å².